The number of aromatic hydroxyl groups is 2. The fourth-order valence-electron chi connectivity index (χ4n) is 5.00. The Labute approximate surface area is 281 Å². The maximum absolute atomic E-state index is 12.7. The highest BCUT2D eigenvalue weighted by atomic mass is 35.5. The molecule has 2 saturated heterocycles. The molecule has 240 valence electrons. The van der Waals surface area contributed by atoms with E-state index in [9.17, 15) is 25.1 Å². The first-order valence-corrected chi connectivity index (χ1v) is 16.1. The zero-order chi connectivity index (χ0) is 33.1. The molecule has 0 atom stereocenters. The van der Waals surface area contributed by atoms with E-state index in [0.29, 0.717) is 105 Å². The number of hydrogen-bond acceptors (Lipinski definition) is 12. The Morgan fingerprint density at radius 2 is 1.26 bits per heavy atom. The van der Waals surface area contributed by atoms with Gasteiger partial charge in [-0.05, 0) is 12.1 Å². The molecular weight excluding hydrogens is 679 g/mol. The lowest BCUT2D eigenvalue weighted by atomic mass is 10.1. The number of morpholine rings is 2. The van der Waals surface area contributed by atoms with Crippen LogP contribution in [0.2, 0.25) is 10.0 Å². The molecule has 0 bridgehead atoms. The minimum atomic E-state index is -0.502. The molecule has 0 unspecified atom stereocenters. The van der Waals surface area contributed by atoms with E-state index in [1.165, 1.54) is 31.6 Å². The predicted molar refractivity (Wildman–Crippen MR) is 173 cm³/mol. The summed E-state index contributed by atoms with van der Waals surface area (Å²) in [5.74, 6) is -0.571. The quantitative estimate of drug-likeness (QED) is 0.269. The van der Waals surface area contributed by atoms with Gasteiger partial charge in [0.1, 0.15) is 33.0 Å². The van der Waals surface area contributed by atoms with Crippen LogP contribution in [-0.2, 0) is 9.47 Å². The fraction of sp³-hybridized carbons (Fsp3) is 0.333. The third-order valence-corrected chi connectivity index (χ3v) is 10.8. The Morgan fingerprint density at radius 1 is 0.804 bits per heavy atom. The zero-order valence-corrected chi connectivity index (χ0v) is 27.7. The summed E-state index contributed by atoms with van der Waals surface area (Å²) in [6, 6.07) is 6.92. The normalized spacial score (nSPS) is 14.7. The SMILES string of the molecule is COc1cc2c(Cl)c(C(=O)N3CCOCC3)sc2c(C#N)c1OC.N#Cc1c(O)c(O)cc2c(Cl)c(C(=O)N3CCOCC3)sc12. The number of methoxy groups -OCH3 is 2. The summed E-state index contributed by atoms with van der Waals surface area (Å²) in [4.78, 5) is 29.3. The molecule has 2 aliphatic rings. The average Bonchev–Trinajstić information content (AvgIpc) is 3.60. The molecule has 6 rings (SSSR count). The molecule has 0 saturated carbocycles. The molecule has 0 radical (unpaired) electrons. The van der Waals surface area contributed by atoms with Gasteiger partial charge in [-0.15, -0.1) is 22.7 Å². The smallest absolute Gasteiger partial charge is 0.265 e. The first-order chi connectivity index (χ1) is 22.2. The van der Waals surface area contributed by atoms with Crippen molar-refractivity contribution >= 4 is 77.9 Å². The lowest BCUT2D eigenvalue weighted by molar-refractivity contribution is 0.0304. The lowest BCUT2D eigenvalue weighted by Gasteiger charge is -2.26. The number of carbonyl (C=O) groups excluding carboxylic acids is 2. The molecule has 4 aromatic rings. The molecule has 46 heavy (non-hydrogen) atoms. The van der Waals surface area contributed by atoms with Crippen molar-refractivity contribution in [2.75, 3.05) is 66.8 Å². The number of phenolic OH excluding ortho intramolecular Hbond substituents is 2. The number of benzene rings is 2. The van der Waals surface area contributed by atoms with Crippen LogP contribution in [0.3, 0.4) is 0 Å². The Hall–Kier alpha value is -4.02. The van der Waals surface area contributed by atoms with Crippen LogP contribution in [0.25, 0.3) is 20.2 Å². The standard InChI is InChI=1S/C16H15ClN2O4S.C14H11ClN2O4S/c1-21-11-7-9-12(17)15(16(20)19-3-5-23-6-4-19)24-14(9)10(8-18)13(11)22-2;15-10-7-5-9(18)11(19)8(6-16)12(7)22-13(10)14(20)17-1-3-21-4-2-17/h7H,3-6H2,1-2H3;5,18-19H,1-4H2. The van der Waals surface area contributed by atoms with Crippen LogP contribution in [0.15, 0.2) is 12.1 Å². The van der Waals surface area contributed by atoms with Gasteiger partial charge in [0.2, 0.25) is 0 Å². The number of hydrogen-bond donors (Lipinski definition) is 2. The Bertz CT molecular complexity index is 1920. The van der Waals surface area contributed by atoms with Gasteiger partial charge < -0.3 is 39.0 Å². The van der Waals surface area contributed by atoms with Crippen molar-refractivity contribution in [3.63, 3.8) is 0 Å². The van der Waals surface area contributed by atoms with Gasteiger partial charge in [0, 0.05) is 37.0 Å². The van der Waals surface area contributed by atoms with Crippen LogP contribution < -0.4 is 9.47 Å². The molecular formula is C30H26Cl2N4O8S2. The average molecular weight is 706 g/mol. The van der Waals surface area contributed by atoms with Crippen LogP contribution in [0.5, 0.6) is 23.0 Å². The van der Waals surface area contributed by atoms with E-state index in [1.54, 1.807) is 15.9 Å². The van der Waals surface area contributed by atoms with Crippen LogP contribution in [0, 0.1) is 22.7 Å². The summed E-state index contributed by atoms with van der Waals surface area (Å²) < 4.78 is 22.1. The zero-order valence-electron chi connectivity index (χ0n) is 24.5. The minimum Gasteiger partial charge on any atom is -0.504 e. The molecule has 16 heteroatoms. The number of fused-ring (bicyclic) bond motifs is 2. The molecule has 0 spiro atoms. The number of nitriles is 2. The van der Waals surface area contributed by atoms with Gasteiger partial charge in [-0.2, -0.15) is 10.5 Å². The summed E-state index contributed by atoms with van der Waals surface area (Å²) in [5.41, 5.74) is 0.239. The van der Waals surface area contributed by atoms with Crippen molar-refractivity contribution in [2.24, 2.45) is 0 Å². The van der Waals surface area contributed by atoms with Gasteiger partial charge in [0.05, 0.1) is 60.1 Å². The van der Waals surface area contributed by atoms with Crippen LogP contribution >= 0.6 is 45.9 Å². The summed E-state index contributed by atoms with van der Waals surface area (Å²) in [6.07, 6.45) is 0. The lowest BCUT2D eigenvalue weighted by Crippen LogP contribution is -2.40. The highest BCUT2D eigenvalue weighted by Crippen LogP contribution is 2.46. The van der Waals surface area contributed by atoms with Gasteiger partial charge >= 0.3 is 0 Å². The number of amides is 2. The van der Waals surface area contributed by atoms with Crippen molar-refractivity contribution in [1.82, 2.24) is 9.80 Å². The van der Waals surface area contributed by atoms with E-state index in [0.717, 1.165) is 11.3 Å². The number of nitrogens with zero attached hydrogens (tertiary/aromatic N) is 4. The molecule has 2 N–H and O–H groups in total. The second-order valence-electron chi connectivity index (χ2n) is 9.88. The van der Waals surface area contributed by atoms with E-state index in [1.807, 2.05) is 6.07 Å². The van der Waals surface area contributed by atoms with Gasteiger partial charge in [-0.1, -0.05) is 23.2 Å². The third kappa shape index (κ3) is 6.08. The van der Waals surface area contributed by atoms with Crippen molar-refractivity contribution in [3.05, 3.63) is 43.1 Å². The van der Waals surface area contributed by atoms with E-state index < -0.39 is 11.5 Å². The summed E-state index contributed by atoms with van der Waals surface area (Å²) in [6.45, 7) is 3.98. The number of phenols is 2. The van der Waals surface area contributed by atoms with Gasteiger partial charge in [-0.25, -0.2) is 0 Å². The first-order valence-electron chi connectivity index (χ1n) is 13.7. The number of ether oxygens (including phenoxy) is 4. The number of carbonyl (C=O) groups is 2. The highest BCUT2D eigenvalue weighted by Gasteiger charge is 2.28. The molecule has 0 aliphatic carbocycles. The molecule has 2 aromatic heterocycles. The second-order valence-corrected chi connectivity index (χ2v) is 12.7. The molecule has 2 aromatic carbocycles. The molecule has 2 amide bonds. The molecule has 2 fully saturated rings. The Morgan fingerprint density at radius 3 is 1.70 bits per heavy atom. The number of halogens is 2. The number of rotatable bonds is 4. The Balaban J connectivity index is 0.000000182. The predicted octanol–water partition coefficient (Wildman–Crippen LogP) is 5.23. The fourth-order valence-corrected chi connectivity index (χ4v) is 8.07. The maximum Gasteiger partial charge on any atom is 0.265 e. The van der Waals surface area contributed by atoms with E-state index in [-0.39, 0.29) is 22.4 Å². The minimum absolute atomic E-state index is 0.0806. The summed E-state index contributed by atoms with van der Waals surface area (Å²) >= 11 is 15.0. The van der Waals surface area contributed by atoms with E-state index in [4.69, 9.17) is 47.4 Å². The Kier molecular flexibility index (Phi) is 10.3. The van der Waals surface area contributed by atoms with E-state index in [2.05, 4.69) is 6.07 Å². The maximum atomic E-state index is 12.7. The van der Waals surface area contributed by atoms with Crippen LogP contribution in [-0.4, -0.2) is 98.7 Å². The number of thiophene rings is 2. The second kappa shape index (κ2) is 14.2. The van der Waals surface area contributed by atoms with Crippen molar-refractivity contribution in [1.29, 1.82) is 10.5 Å². The third-order valence-electron chi connectivity index (χ3n) is 7.34. The molecule has 2 aliphatic heterocycles. The largest absolute Gasteiger partial charge is 0.504 e. The molecule has 4 heterocycles. The van der Waals surface area contributed by atoms with Crippen molar-refractivity contribution in [3.8, 4) is 35.1 Å². The van der Waals surface area contributed by atoms with Crippen molar-refractivity contribution in [2.45, 2.75) is 0 Å². The van der Waals surface area contributed by atoms with Gasteiger partial charge in [-0.3, -0.25) is 9.59 Å². The summed E-state index contributed by atoms with van der Waals surface area (Å²) in [7, 11) is 2.96. The highest BCUT2D eigenvalue weighted by molar-refractivity contribution is 7.22. The first kappa shape index (κ1) is 33.3. The van der Waals surface area contributed by atoms with Gasteiger partial charge in [0.15, 0.2) is 23.0 Å². The van der Waals surface area contributed by atoms with Gasteiger partial charge in [0.25, 0.3) is 11.8 Å². The summed E-state index contributed by atoms with van der Waals surface area (Å²) in [5, 5.41) is 39.6. The topological polar surface area (TPSA) is 166 Å². The van der Waals surface area contributed by atoms with Crippen LogP contribution in [0.1, 0.15) is 30.5 Å². The van der Waals surface area contributed by atoms with Crippen LogP contribution in [0.4, 0.5) is 0 Å². The molecule has 12 nitrogen and oxygen atoms in total. The van der Waals surface area contributed by atoms with E-state index >= 15 is 0 Å². The van der Waals surface area contributed by atoms with Crippen molar-refractivity contribution < 1.29 is 38.7 Å². The monoisotopic (exact) mass is 704 g/mol.